The lowest BCUT2D eigenvalue weighted by Crippen LogP contribution is -2.33. The van der Waals surface area contributed by atoms with Crippen LogP contribution in [0, 0.1) is 12.8 Å². The first-order chi connectivity index (χ1) is 8.26. The normalized spacial score (nSPS) is 14.1. The number of aliphatic hydroxyl groups is 1. The minimum Gasteiger partial charge on any atom is -0.462 e. The monoisotopic (exact) mass is 275 g/mol. The van der Waals surface area contributed by atoms with Crippen LogP contribution in [0.15, 0.2) is 15.4 Å². The van der Waals surface area contributed by atoms with Crippen LogP contribution in [0.3, 0.4) is 0 Å². The van der Waals surface area contributed by atoms with E-state index in [1.54, 1.807) is 6.92 Å². The molecule has 0 saturated heterocycles. The molecule has 6 heteroatoms. The summed E-state index contributed by atoms with van der Waals surface area (Å²) in [5.41, 5.74) is 0. The zero-order valence-corrected chi connectivity index (χ0v) is 12.0. The topological polar surface area (TPSA) is 79.5 Å². The minimum atomic E-state index is -3.58. The first-order valence-electron chi connectivity index (χ1n) is 5.98. The van der Waals surface area contributed by atoms with Crippen molar-refractivity contribution in [2.45, 2.75) is 51.7 Å². The van der Waals surface area contributed by atoms with Gasteiger partial charge in [-0.1, -0.05) is 13.8 Å². The number of sulfonamides is 1. The molecule has 0 fully saturated rings. The molecule has 1 aromatic heterocycles. The Morgan fingerprint density at radius 2 is 2.00 bits per heavy atom. The smallest absolute Gasteiger partial charge is 0.244 e. The molecule has 2 N–H and O–H groups in total. The molecule has 0 amide bonds. The van der Waals surface area contributed by atoms with Crippen LogP contribution in [-0.2, 0) is 16.6 Å². The fraction of sp³-hybridized carbons (Fsp3) is 0.667. The van der Waals surface area contributed by atoms with Gasteiger partial charge in [-0.05, 0) is 26.2 Å². The first kappa shape index (κ1) is 15.2. The number of hydrogen-bond acceptors (Lipinski definition) is 4. The summed E-state index contributed by atoms with van der Waals surface area (Å²) < 4.78 is 32.0. The quantitative estimate of drug-likeness (QED) is 0.829. The highest BCUT2D eigenvalue weighted by Gasteiger charge is 2.23. The number of rotatable bonds is 6. The third kappa shape index (κ3) is 3.83. The van der Waals surface area contributed by atoms with Crippen molar-refractivity contribution in [3.63, 3.8) is 0 Å². The maximum absolute atomic E-state index is 12.1. The fourth-order valence-corrected chi connectivity index (χ4v) is 3.41. The second kappa shape index (κ2) is 5.86. The van der Waals surface area contributed by atoms with Gasteiger partial charge in [-0.25, -0.2) is 13.1 Å². The zero-order chi connectivity index (χ0) is 13.9. The summed E-state index contributed by atoms with van der Waals surface area (Å²) in [5.74, 6) is 0.967. The van der Waals surface area contributed by atoms with Crippen LogP contribution in [0.25, 0.3) is 0 Å². The van der Waals surface area contributed by atoms with Gasteiger partial charge in [0, 0.05) is 12.1 Å². The molecule has 0 spiro atoms. The second-order valence-electron chi connectivity index (χ2n) is 4.94. The number of furan rings is 1. The van der Waals surface area contributed by atoms with E-state index in [0.29, 0.717) is 11.7 Å². The van der Waals surface area contributed by atoms with Crippen molar-refractivity contribution >= 4 is 10.0 Å². The molecule has 1 unspecified atom stereocenters. The molecule has 0 aromatic carbocycles. The lowest BCUT2D eigenvalue weighted by atomic mass is 10.1. The Balaban J connectivity index is 2.89. The summed E-state index contributed by atoms with van der Waals surface area (Å²) in [6, 6.07) is 1.22. The Morgan fingerprint density at radius 1 is 1.39 bits per heavy atom. The van der Waals surface area contributed by atoms with Crippen LogP contribution in [-0.4, -0.2) is 19.6 Å². The largest absolute Gasteiger partial charge is 0.462 e. The van der Waals surface area contributed by atoms with Crippen LogP contribution in [0.2, 0.25) is 0 Å². The summed E-state index contributed by atoms with van der Waals surface area (Å²) >= 11 is 0. The van der Waals surface area contributed by atoms with Gasteiger partial charge in [-0.2, -0.15) is 0 Å². The molecule has 5 nitrogen and oxygen atoms in total. The van der Waals surface area contributed by atoms with E-state index in [1.807, 2.05) is 20.8 Å². The molecule has 1 rings (SSSR count). The Bertz CT molecular complexity index is 490. The van der Waals surface area contributed by atoms with Gasteiger partial charge in [0.1, 0.15) is 23.0 Å². The van der Waals surface area contributed by atoms with Gasteiger partial charge < -0.3 is 9.52 Å². The van der Waals surface area contributed by atoms with Crippen LogP contribution < -0.4 is 4.72 Å². The predicted molar refractivity (Wildman–Crippen MR) is 68.6 cm³/mol. The van der Waals surface area contributed by atoms with E-state index in [9.17, 15) is 8.42 Å². The van der Waals surface area contributed by atoms with E-state index in [4.69, 9.17) is 9.52 Å². The molecular weight excluding hydrogens is 254 g/mol. The summed E-state index contributed by atoms with van der Waals surface area (Å²) in [4.78, 5) is 0.0992. The van der Waals surface area contributed by atoms with E-state index >= 15 is 0 Å². The van der Waals surface area contributed by atoms with Crippen molar-refractivity contribution in [3.8, 4) is 0 Å². The van der Waals surface area contributed by atoms with Crippen molar-refractivity contribution < 1.29 is 17.9 Å². The molecular formula is C12H21NO4S. The van der Waals surface area contributed by atoms with E-state index in [1.165, 1.54) is 6.07 Å². The predicted octanol–water partition coefficient (Wildman–Crippen LogP) is 1.79. The second-order valence-corrected chi connectivity index (χ2v) is 6.63. The van der Waals surface area contributed by atoms with E-state index in [-0.39, 0.29) is 23.3 Å². The zero-order valence-electron chi connectivity index (χ0n) is 11.2. The highest BCUT2D eigenvalue weighted by molar-refractivity contribution is 7.89. The molecule has 0 radical (unpaired) electrons. The highest BCUT2D eigenvalue weighted by atomic mass is 32.2. The molecule has 0 saturated carbocycles. The van der Waals surface area contributed by atoms with Gasteiger partial charge in [-0.3, -0.25) is 0 Å². The van der Waals surface area contributed by atoms with E-state index < -0.39 is 10.0 Å². The Labute approximate surface area is 108 Å². The Hall–Kier alpha value is -0.850. The van der Waals surface area contributed by atoms with Crippen molar-refractivity contribution in [3.05, 3.63) is 17.6 Å². The molecule has 0 aliphatic heterocycles. The fourth-order valence-electron chi connectivity index (χ4n) is 1.95. The van der Waals surface area contributed by atoms with Gasteiger partial charge in [0.25, 0.3) is 0 Å². The average Bonchev–Trinajstić information content (AvgIpc) is 2.58. The Morgan fingerprint density at radius 3 is 2.44 bits per heavy atom. The standard InChI is InChI=1S/C12H21NO4S/c1-8(2)5-9(3)13-18(15,16)12-6-11(7-14)17-10(12)4/h6,8-9,13-14H,5,7H2,1-4H3. The van der Waals surface area contributed by atoms with Crippen LogP contribution in [0.5, 0.6) is 0 Å². The summed E-state index contributed by atoms with van der Waals surface area (Å²) in [7, 11) is -3.58. The van der Waals surface area contributed by atoms with E-state index in [2.05, 4.69) is 4.72 Å². The molecule has 1 atom stereocenters. The van der Waals surface area contributed by atoms with Crippen molar-refractivity contribution in [1.82, 2.24) is 4.72 Å². The Kier molecular flexibility index (Phi) is 4.95. The van der Waals surface area contributed by atoms with Crippen molar-refractivity contribution in [1.29, 1.82) is 0 Å². The van der Waals surface area contributed by atoms with Crippen LogP contribution >= 0.6 is 0 Å². The number of aliphatic hydroxyl groups excluding tert-OH is 1. The summed E-state index contributed by atoms with van der Waals surface area (Å²) in [6.45, 7) is 7.17. The number of nitrogens with one attached hydrogen (secondary N) is 1. The molecule has 0 aliphatic rings. The lowest BCUT2D eigenvalue weighted by molar-refractivity contribution is 0.244. The molecule has 0 aliphatic carbocycles. The maximum atomic E-state index is 12.1. The average molecular weight is 275 g/mol. The molecule has 1 aromatic rings. The van der Waals surface area contributed by atoms with Gasteiger partial charge in [0.05, 0.1) is 0 Å². The molecule has 0 bridgehead atoms. The third-order valence-corrected chi connectivity index (χ3v) is 4.25. The summed E-state index contributed by atoms with van der Waals surface area (Å²) in [6.07, 6.45) is 0.767. The minimum absolute atomic E-state index is 0.0992. The molecule has 1 heterocycles. The number of aryl methyl sites for hydroxylation is 1. The molecule has 104 valence electrons. The van der Waals surface area contributed by atoms with Crippen molar-refractivity contribution in [2.75, 3.05) is 0 Å². The molecule has 18 heavy (non-hydrogen) atoms. The first-order valence-corrected chi connectivity index (χ1v) is 7.47. The van der Waals surface area contributed by atoms with Gasteiger partial charge in [0.15, 0.2) is 0 Å². The van der Waals surface area contributed by atoms with Gasteiger partial charge in [0.2, 0.25) is 10.0 Å². The van der Waals surface area contributed by atoms with Gasteiger partial charge in [-0.15, -0.1) is 0 Å². The van der Waals surface area contributed by atoms with Gasteiger partial charge >= 0.3 is 0 Å². The van der Waals surface area contributed by atoms with Crippen LogP contribution in [0.1, 0.15) is 38.7 Å². The maximum Gasteiger partial charge on any atom is 0.244 e. The van der Waals surface area contributed by atoms with Crippen LogP contribution in [0.4, 0.5) is 0 Å². The highest BCUT2D eigenvalue weighted by Crippen LogP contribution is 2.20. The SMILES string of the molecule is Cc1oc(CO)cc1S(=O)(=O)NC(C)CC(C)C. The van der Waals surface area contributed by atoms with E-state index in [0.717, 1.165) is 6.42 Å². The lowest BCUT2D eigenvalue weighted by Gasteiger charge is -2.15. The summed E-state index contributed by atoms with van der Waals surface area (Å²) in [5, 5.41) is 8.93. The van der Waals surface area contributed by atoms with Crippen molar-refractivity contribution in [2.24, 2.45) is 5.92 Å². The third-order valence-electron chi connectivity index (χ3n) is 2.55. The number of hydrogen-bond donors (Lipinski definition) is 2.